The molecule has 4 aliphatic rings. The first kappa shape index (κ1) is 16.5. The van der Waals surface area contributed by atoms with E-state index in [2.05, 4.69) is 10.3 Å². The van der Waals surface area contributed by atoms with Gasteiger partial charge in [0.2, 0.25) is 12.5 Å². The van der Waals surface area contributed by atoms with Crippen LogP contribution in [0.2, 0.25) is 0 Å². The molecule has 142 valence electrons. The van der Waals surface area contributed by atoms with E-state index in [4.69, 9.17) is 21.1 Å². The van der Waals surface area contributed by atoms with Gasteiger partial charge in [-0.25, -0.2) is 9.37 Å². The molecule has 4 aliphatic heterocycles. The van der Waals surface area contributed by atoms with Crippen molar-refractivity contribution in [3.8, 4) is 11.5 Å². The van der Waals surface area contributed by atoms with Gasteiger partial charge in [-0.1, -0.05) is 6.08 Å². The van der Waals surface area contributed by atoms with E-state index >= 15 is 4.39 Å². The highest BCUT2D eigenvalue weighted by molar-refractivity contribution is 8.05. The molecule has 0 saturated carbocycles. The van der Waals surface area contributed by atoms with Gasteiger partial charge in [0.1, 0.15) is 5.82 Å². The number of nitrogens with zero attached hydrogens (tertiary/aromatic N) is 2. The number of benzene rings is 1. The van der Waals surface area contributed by atoms with Gasteiger partial charge >= 0.3 is 0 Å². The number of hydrogen-bond donors (Lipinski definition) is 1. The number of alkyl halides is 2. The highest BCUT2D eigenvalue weighted by Gasteiger charge is 2.58. The zero-order chi connectivity index (χ0) is 19.0. The number of aromatic nitrogens is 1. The summed E-state index contributed by atoms with van der Waals surface area (Å²) in [6.07, 6.45) is 4.28. The highest BCUT2D eigenvalue weighted by atomic mass is 35.5. The van der Waals surface area contributed by atoms with E-state index in [0.29, 0.717) is 28.7 Å². The largest absolute Gasteiger partial charge is 0.454 e. The van der Waals surface area contributed by atoms with E-state index in [1.807, 2.05) is 6.08 Å². The molecule has 0 spiro atoms. The molecule has 0 aliphatic carbocycles. The number of nitrogens with one attached hydrogen (secondary N) is 1. The summed E-state index contributed by atoms with van der Waals surface area (Å²) >= 11 is 7.64. The van der Waals surface area contributed by atoms with Crippen molar-refractivity contribution in [2.75, 3.05) is 23.6 Å². The summed E-state index contributed by atoms with van der Waals surface area (Å²) in [4.78, 5) is 20.1. The average Bonchev–Trinajstić information content (AvgIpc) is 3.36. The second kappa shape index (κ2) is 5.55. The number of ether oxygens (including phenoxy) is 2. The Morgan fingerprint density at radius 3 is 2.96 bits per heavy atom. The summed E-state index contributed by atoms with van der Waals surface area (Å²) in [5.74, 6) is 0.635. The van der Waals surface area contributed by atoms with Gasteiger partial charge in [-0.05, 0) is 18.6 Å². The molecule has 1 aromatic carbocycles. The zero-order valence-corrected chi connectivity index (χ0v) is 15.9. The van der Waals surface area contributed by atoms with Crippen LogP contribution in [0.5, 0.6) is 11.5 Å². The van der Waals surface area contributed by atoms with Crippen LogP contribution in [0.3, 0.4) is 0 Å². The van der Waals surface area contributed by atoms with E-state index in [1.165, 1.54) is 16.7 Å². The number of carbonyl (C=O) groups excluding carboxylic acids is 1. The van der Waals surface area contributed by atoms with E-state index in [-0.39, 0.29) is 29.2 Å². The maximum absolute atomic E-state index is 16.6. The fourth-order valence-electron chi connectivity index (χ4n) is 4.10. The summed E-state index contributed by atoms with van der Waals surface area (Å²) in [7, 11) is 0. The Kier molecular flexibility index (Phi) is 3.27. The number of hydrogen-bond acceptors (Lipinski definition) is 6. The third-order valence-electron chi connectivity index (χ3n) is 5.35. The number of carbonyl (C=O) groups is 1. The zero-order valence-electron chi connectivity index (χ0n) is 14.4. The molecular formula is C19H13ClFN3O3S. The predicted octanol–water partition coefficient (Wildman–Crippen LogP) is 4.01. The van der Waals surface area contributed by atoms with Gasteiger partial charge in [0.25, 0.3) is 5.91 Å². The van der Waals surface area contributed by atoms with Crippen molar-refractivity contribution in [3.63, 3.8) is 0 Å². The number of allylic oxidation sites excluding steroid dienone is 1. The fraction of sp³-hybridized carbons (Fsp3) is 0.263. The Bertz CT molecular complexity index is 1090. The van der Waals surface area contributed by atoms with E-state index in [0.717, 1.165) is 11.3 Å². The number of fused-ring (bicyclic) bond motifs is 3. The second-order valence-corrected chi connectivity index (χ2v) is 9.03. The van der Waals surface area contributed by atoms with Gasteiger partial charge < -0.3 is 14.8 Å². The SMILES string of the molecule is O=C1N(CC2=CCC(Cl)S2)c2nccc3c2C1(F)c1cc2c(cc1N3)OCO2. The summed E-state index contributed by atoms with van der Waals surface area (Å²) in [6, 6.07) is 4.89. The van der Waals surface area contributed by atoms with E-state index in [9.17, 15) is 4.79 Å². The van der Waals surface area contributed by atoms with E-state index in [1.54, 1.807) is 24.4 Å². The third-order valence-corrected chi connectivity index (χ3v) is 6.84. The number of thioether (sulfide) groups is 1. The lowest BCUT2D eigenvalue weighted by atomic mass is 9.84. The molecule has 1 amide bonds. The summed E-state index contributed by atoms with van der Waals surface area (Å²) < 4.78 is 27.3. The molecule has 0 bridgehead atoms. The van der Waals surface area contributed by atoms with Gasteiger partial charge in [0.15, 0.2) is 11.5 Å². The first-order chi connectivity index (χ1) is 13.6. The minimum atomic E-state index is -2.33. The molecule has 1 aromatic heterocycles. The van der Waals surface area contributed by atoms with Crippen LogP contribution in [0.1, 0.15) is 17.5 Å². The smallest absolute Gasteiger partial charge is 0.275 e. The lowest BCUT2D eigenvalue weighted by Gasteiger charge is -2.29. The van der Waals surface area contributed by atoms with Crippen molar-refractivity contribution in [3.05, 3.63) is 46.5 Å². The molecule has 5 heterocycles. The van der Waals surface area contributed by atoms with Crippen LogP contribution >= 0.6 is 23.4 Å². The van der Waals surface area contributed by atoms with E-state index < -0.39 is 11.6 Å². The van der Waals surface area contributed by atoms with Crippen molar-refractivity contribution < 1.29 is 18.7 Å². The highest BCUT2D eigenvalue weighted by Crippen LogP contribution is 2.57. The maximum Gasteiger partial charge on any atom is 0.275 e. The average molecular weight is 418 g/mol. The summed E-state index contributed by atoms with van der Waals surface area (Å²) in [6.45, 7) is 0.323. The van der Waals surface area contributed by atoms with Crippen molar-refractivity contribution in [1.29, 1.82) is 0 Å². The number of rotatable bonds is 2. The first-order valence-electron chi connectivity index (χ1n) is 8.77. The van der Waals surface area contributed by atoms with Gasteiger partial charge in [-0.15, -0.1) is 23.4 Å². The molecule has 1 N–H and O–H groups in total. The Morgan fingerprint density at radius 2 is 2.18 bits per heavy atom. The number of amides is 1. The normalized spacial score (nSPS) is 26.1. The van der Waals surface area contributed by atoms with Gasteiger partial charge in [-0.2, -0.15) is 0 Å². The maximum atomic E-state index is 16.6. The number of halogens is 2. The van der Waals surface area contributed by atoms with Crippen molar-refractivity contribution >= 4 is 46.5 Å². The molecule has 2 aromatic rings. The monoisotopic (exact) mass is 417 g/mol. The topological polar surface area (TPSA) is 63.7 Å². The third kappa shape index (κ3) is 2.04. The summed E-state index contributed by atoms with van der Waals surface area (Å²) in [5.41, 5.74) is -0.850. The van der Waals surface area contributed by atoms with Crippen molar-refractivity contribution in [2.24, 2.45) is 0 Å². The first-order valence-corrected chi connectivity index (χ1v) is 10.1. The minimum absolute atomic E-state index is 0.0561. The van der Waals surface area contributed by atoms with Crippen LogP contribution in [-0.4, -0.2) is 28.9 Å². The predicted molar refractivity (Wildman–Crippen MR) is 104 cm³/mol. The quantitative estimate of drug-likeness (QED) is 0.745. The lowest BCUT2D eigenvalue weighted by molar-refractivity contribution is -0.126. The summed E-state index contributed by atoms with van der Waals surface area (Å²) in [5, 5.41) is 3.21. The molecule has 9 heteroatoms. The fourth-order valence-corrected chi connectivity index (χ4v) is 5.45. The van der Waals surface area contributed by atoms with Crippen LogP contribution in [0, 0.1) is 0 Å². The molecule has 28 heavy (non-hydrogen) atoms. The molecule has 2 unspecified atom stereocenters. The number of pyridine rings is 1. The van der Waals surface area contributed by atoms with Crippen LogP contribution in [0.15, 0.2) is 35.4 Å². The van der Waals surface area contributed by atoms with Crippen LogP contribution in [0.4, 0.5) is 21.6 Å². The molecule has 6 nitrogen and oxygen atoms in total. The molecule has 0 fully saturated rings. The Balaban J connectivity index is 1.51. The van der Waals surface area contributed by atoms with Gasteiger partial charge in [-0.3, -0.25) is 9.69 Å². The Hall–Kier alpha value is -2.45. The standard InChI is InChI=1S/C19H13ClFN3O3S/c20-15-2-1-9(28-15)7-24-17-16-11(3-4-22-17)23-12-6-14-13(26-8-27-14)5-10(12)19(16,21)18(24)25/h1,3-6,15,23H,2,7-8H2. The van der Waals surface area contributed by atoms with Crippen LogP contribution in [-0.2, 0) is 10.5 Å². The van der Waals surface area contributed by atoms with Crippen molar-refractivity contribution in [2.45, 2.75) is 16.8 Å². The molecular weight excluding hydrogens is 405 g/mol. The Labute approximate surface area is 168 Å². The van der Waals surface area contributed by atoms with Gasteiger partial charge in [0.05, 0.1) is 22.5 Å². The number of anilines is 3. The molecule has 0 radical (unpaired) electrons. The van der Waals surface area contributed by atoms with Gasteiger partial charge in [0, 0.05) is 28.4 Å². The van der Waals surface area contributed by atoms with Crippen LogP contribution < -0.4 is 19.7 Å². The molecule has 6 rings (SSSR count). The lowest BCUT2D eigenvalue weighted by Crippen LogP contribution is -2.40. The molecule has 0 saturated heterocycles. The van der Waals surface area contributed by atoms with Crippen LogP contribution in [0.25, 0.3) is 0 Å². The van der Waals surface area contributed by atoms with Crippen molar-refractivity contribution in [1.82, 2.24) is 4.98 Å². The second-order valence-electron chi connectivity index (χ2n) is 6.92. The molecule has 2 atom stereocenters. The Morgan fingerprint density at radius 1 is 1.36 bits per heavy atom. The minimum Gasteiger partial charge on any atom is -0.454 e.